The molecule has 2 unspecified atom stereocenters. The molecule has 108 valence electrons. The van der Waals surface area contributed by atoms with Gasteiger partial charge in [0.05, 0.1) is 12.7 Å². The average Bonchev–Trinajstić information content (AvgIpc) is 2.37. The Kier molecular flexibility index (Phi) is 6.34. The quantitative estimate of drug-likeness (QED) is 0.749. The lowest BCUT2D eigenvalue weighted by Gasteiger charge is -2.28. The van der Waals surface area contributed by atoms with Gasteiger partial charge in [-0.1, -0.05) is 19.9 Å². The molecule has 5 heteroatoms. The number of methoxy groups -OCH3 is 1. The SMILES string of the molecule is COCCNC(C(C)C)C(O)c1ccc(F)c(F)c1. The largest absolute Gasteiger partial charge is 0.387 e. The molecule has 0 saturated carbocycles. The van der Waals surface area contributed by atoms with E-state index >= 15 is 0 Å². The van der Waals surface area contributed by atoms with Crippen LogP contribution in [-0.2, 0) is 4.74 Å². The van der Waals surface area contributed by atoms with Crippen molar-refractivity contribution in [2.24, 2.45) is 5.92 Å². The lowest BCUT2D eigenvalue weighted by Crippen LogP contribution is -2.40. The molecule has 2 N–H and O–H groups in total. The highest BCUT2D eigenvalue weighted by atomic mass is 19.2. The van der Waals surface area contributed by atoms with Crippen LogP contribution in [0.3, 0.4) is 0 Å². The number of aliphatic hydroxyl groups is 1. The Labute approximate surface area is 112 Å². The molecule has 0 saturated heterocycles. The van der Waals surface area contributed by atoms with E-state index in [0.717, 1.165) is 12.1 Å². The fourth-order valence-corrected chi connectivity index (χ4v) is 1.94. The summed E-state index contributed by atoms with van der Waals surface area (Å²) in [4.78, 5) is 0. The Hall–Kier alpha value is -1.04. The number of hydrogen-bond donors (Lipinski definition) is 2. The first-order valence-corrected chi connectivity index (χ1v) is 6.32. The molecule has 1 rings (SSSR count). The molecule has 0 fully saturated rings. The number of ether oxygens (including phenoxy) is 1. The van der Waals surface area contributed by atoms with Gasteiger partial charge in [0.1, 0.15) is 0 Å². The summed E-state index contributed by atoms with van der Waals surface area (Å²) < 4.78 is 31.0. The molecule has 0 aliphatic rings. The van der Waals surface area contributed by atoms with Gasteiger partial charge in [-0.15, -0.1) is 0 Å². The normalized spacial score (nSPS) is 14.7. The fourth-order valence-electron chi connectivity index (χ4n) is 1.94. The van der Waals surface area contributed by atoms with Gasteiger partial charge < -0.3 is 15.2 Å². The molecule has 0 bridgehead atoms. The maximum Gasteiger partial charge on any atom is 0.159 e. The number of aliphatic hydroxyl groups excluding tert-OH is 1. The van der Waals surface area contributed by atoms with Gasteiger partial charge >= 0.3 is 0 Å². The molecule has 0 radical (unpaired) electrons. The van der Waals surface area contributed by atoms with Crippen LogP contribution < -0.4 is 5.32 Å². The van der Waals surface area contributed by atoms with E-state index in [-0.39, 0.29) is 12.0 Å². The smallest absolute Gasteiger partial charge is 0.159 e. The summed E-state index contributed by atoms with van der Waals surface area (Å²) in [5, 5.41) is 13.4. The van der Waals surface area contributed by atoms with Crippen LogP contribution in [0.1, 0.15) is 25.5 Å². The van der Waals surface area contributed by atoms with E-state index in [2.05, 4.69) is 5.32 Å². The molecule has 2 atom stereocenters. The van der Waals surface area contributed by atoms with Crippen molar-refractivity contribution in [2.45, 2.75) is 26.0 Å². The second-order valence-electron chi connectivity index (χ2n) is 4.84. The third-order valence-corrected chi connectivity index (χ3v) is 3.03. The van der Waals surface area contributed by atoms with Crippen LogP contribution in [0.2, 0.25) is 0 Å². The monoisotopic (exact) mass is 273 g/mol. The summed E-state index contributed by atoms with van der Waals surface area (Å²) in [7, 11) is 1.60. The van der Waals surface area contributed by atoms with Crippen LogP contribution in [0.25, 0.3) is 0 Å². The fraction of sp³-hybridized carbons (Fsp3) is 0.571. The number of halogens is 2. The van der Waals surface area contributed by atoms with E-state index in [1.807, 2.05) is 13.8 Å². The molecule has 0 spiro atoms. The zero-order valence-electron chi connectivity index (χ0n) is 11.5. The van der Waals surface area contributed by atoms with E-state index in [1.165, 1.54) is 6.07 Å². The van der Waals surface area contributed by atoms with Crippen LogP contribution in [0, 0.1) is 17.6 Å². The second kappa shape index (κ2) is 7.53. The molecule has 3 nitrogen and oxygen atoms in total. The first-order chi connectivity index (χ1) is 8.97. The molecule has 0 heterocycles. The maximum absolute atomic E-state index is 13.2. The van der Waals surface area contributed by atoms with E-state index in [9.17, 15) is 13.9 Å². The van der Waals surface area contributed by atoms with Crippen molar-refractivity contribution in [2.75, 3.05) is 20.3 Å². The minimum atomic E-state index is -0.948. The molecule has 0 amide bonds. The lowest BCUT2D eigenvalue weighted by atomic mass is 9.93. The van der Waals surface area contributed by atoms with Gasteiger partial charge in [-0.25, -0.2) is 8.78 Å². The predicted molar refractivity (Wildman–Crippen MR) is 69.8 cm³/mol. The van der Waals surface area contributed by atoms with Crippen molar-refractivity contribution in [1.29, 1.82) is 0 Å². The van der Waals surface area contributed by atoms with E-state index < -0.39 is 17.7 Å². The van der Waals surface area contributed by atoms with Crippen molar-refractivity contribution in [3.05, 3.63) is 35.4 Å². The van der Waals surface area contributed by atoms with Crippen molar-refractivity contribution in [1.82, 2.24) is 5.32 Å². The summed E-state index contributed by atoms with van der Waals surface area (Å²) in [6.45, 7) is 5.01. The Morgan fingerprint density at radius 2 is 1.95 bits per heavy atom. The van der Waals surface area contributed by atoms with Gasteiger partial charge in [-0.2, -0.15) is 0 Å². The number of hydrogen-bond acceptors (Lipinski definition) is 3. The summed E-state index contributed by atoms with van der Waals surface area (Å²) >= 11 is 0. The summed E-state index contributed by atoms with van der Waals surface area (Å²) in [5.74, 6) is -1.72. The number of benzene rings is 1. The average molecular weight is 273 g/mol. The molecule has 0 aromatic heterocycles. The maximum atomic E-state index is 13.2. The topological polar surface area (TPSA) is 41.5 Å². The predicted octanol–water partition coefficient (Wildman–Crippen LogP) is 2.26. The molecule has 19 heavy (non-hydrogen) atoms. The first kappa shape index (κ1) is 16.0. The second-order valence-corrected chi connectivity index (χ2v) is 4.84. The highest BCUT2D eigenvalue weighted by Crippen LogP contribution is 2.23. The molecule has 1 aromatic rings. The number of nitrogens with one attached hydrogen (secondary N) is 1. The highest BCUT2D eigenvalue weighted by molar-refractivity contribution is 5.21. The van der Waals surface area contributed by atoms with E-state index in [0.29, 0.717) is 18.7 Å². The van der Waals surface area contributed by atoms with Gasteiger partial charge in [0, 0.05) is 19.7 Å². The van der Waals surface area contributed by atoms with Gasteiger partial charge in [0.2, 0.25) is 0 Å². The Balaban J connectivity index is 2.80. The van der Waals surface area contributed by atoms with E-state index in [4.69, 9.17) is 4.74 Å². The van der Waals surface area contributed by atoms with Gasteiger partial charge in [0.15, 0.2) is 11.6 Å². The van der Waals surface area contributed by atoms with Crippen molar-refractivity contribution >= 4 is 0 Å². The third-order valence-electron chi connectivity index (χ3n) is 3.03. The summed E-state index contributed by atoms with van der Waals surface area (Å²) in [5.41, 5.74) is 0.363. The first-order valence-electron chi connectivity index (χ1n) is 6.32. The molecule has 0 aliphatic heterocycles. The summed E-state index contributed by atoms with van der Waals surface area (Å²) in [6.07, 6.45) is -0.896. The Morgan fingerprint density at radius 1 is 1.26 bits per heavy atom. The molecular weight excluding hydrogens is 252 g/mol. The zero-order chi connectivity index (χ0) is 14.4. The summed E-state index contributed by atoms with van der Waals surface area (Å²) in [6, 6.07) is 3.21. The van der Waals surface area contributed by atoms with Crippen molar-refractivity contribution in [3.8, 4) is 0 Å². The standard InChI is InChI=1S/C14H21F2NO2/c1-9(2)13(17-6-7-19-3)14(18)10-4-5-11(15)12(16)8-10/h4-5,8-9,13-14,17-18H,6-7H2,1-3H3. The van der Waals surface area contributed by atoms with Crippen LogP contribution in [0.5, 0.6) is 0 Å². The highest BCUT2D eigenvalue weighted by Gasteiger charge is 2.24. The van der Waals surface area contributed by atoms with Gasteiger partial charge in [-0.3, -0.25) is 0 Å². The lowest BCUT2D eigenvalue weighted by molar-refractivity contribution is 0.0974. The van der Waals surface area contributed by atoms with E-state index in [1.54, 1.807) is 7.11 Å². The Morgan fingerprint density at radius 3 is 2.47 bits per heavy atom. The zero-order valence-corrected chi connectivity index (χ0v) is 11.5. The molecule has 0 aliphatic carbocycles. The minimum Gasteiger partial charge on any atom is -0.387 e. The third kappa shape index (κ3) is 4.53. The molecule has 1 aromatic carbocycles. The minimum absolute atomic E-state index is 0.139. The molecular formula is C14H21F2NO2. The van der Waals surface area contributed by atoms with Crippen LogP contribution in [-0.4, -0.2) is 31.4 Å². The van der Waals surface area contributed by atoms with Gasteiger partial charge in [-0.05, 0) is 23.6 Å². The van der Waals surface area contributed by atoms with Crippen molar-refractivity contribution < 1.29 is 18.6 Å². The van der Waals surface area contributed by atoms with Gasteiger partial charge in [0.25, 0.3) is 0 Å². The van der Waals surface area contributed by atoms with Crippen molar-refractivity contribution in [3.63, 3.8) is 0 Å². The van der Waals surface area contributed by atoms with Crippen LogP contribution >= 0.6 is 0 Å². The van der Waals surface area contributed by atoms with Crippen LogP contribution in [0.4, 0.5) is 8.78 Å². The van der Waals surface area contributed by atoms with Crippen LogP contribution in [0.15, 0.2) is 18.2 Å². The number of rotatable bonds is 7. The Bertz CT molecular complexity index is 399.